The molecule has 1 aliphatic rings. The van der Waals surface area contributed by atoms with Gasteiger partial charge in [0, 0.05) is 43.3 Å². The molecule has 0 atom stereocenters. The van der Waals surface area contributed by atoms with Crippen molar-refractivity contribution in [3.8, 4) is 0 Å². The fourth-order valence-electron chi connectivity index (χ4n) is 2.71. The minimum absolute atomic E-state index is 0.0265. The van der Waals surface area contributed by atoms with E-state index in [1.807, 2.05) is 4.90 Å². The summed E-state index contributed by atoms with van der Waals surface area (Å²) >= 11 is 0. The number of benzene rings is 1. The van der Waals surface area contributed by atoms with Crippen LogP contribution in [0.4, 0.5) is 4.39 Å². The highest BCUT2D eigenvalue weighted by atomic mass is 19.1. The van der Waals surface area contributed by atoms with Crippen LogP contribution in [0.15, 0.2) is 24.4 Å². The first-order valence-corrected chi connectivity index (χ1v) is 6.97. The first-order chi connectivity index (χ1) is 9.69. The number of likely N-dealkylation sites (N-methyl/N-ethyl adjacent to an activating group) is 1. The number of aromatic amines is 1. The molecule has 1 aromatic heterocycles. The smallest absolute Gasteiger partial charge is 0.256 e. The number of hydrogen-bond donors (Lipinski definition) is 1. The van der Waals surface area contributed by atoms with Crippen molar-refractivity contribution >= 4 is 16.8 Å². The van der Waals surface area contributed by atoms with Crippen LogP contribution in [0.25, 0.3) is 10.9 Å². The highest BCUT2D eigenvalue weighted by Crippen LogP contribution is 2.21. The van der Waals surface area contributed by atoms with Gasteiger partial charge in [0.25, 0.3) is 5.91 Å². The van der Waals surface area contributed by atoms with E-state index in [9.17, 15) is 9.18 Å². The van der Waals surface area contributed by atoms with Gasteiger partial charge in [0.05, 0.1) is 5.56 Å². The third-order valence-corrected chi connectivity index (χ3v) is 3.98. The maximum atomic E-state index is 13.2. The van der Waals surface area contributed by atoms with Crippen LogP contribution in [-0.4, -0.2) is 53.4 Å². The van der Waals surface area contributed by atoms with Crippen LogP contribution in [0.3, 0.4) is 0 Å². The molecule has 0 aliphatic carbocycles. The van der Waals surface area contributed by atoms with Crippen molar-refractivity contribution in [3.05, 3.63) is 35.8 Å². The van der Waals surface area contributed by atoms with E-state index < -0.39 is 0 Å². The van der Waals surface area contributed by atoms with Crippen LogP contribution in [0, 0.1) is 5.82 Å². The quantitative estimate of drug-likeness (QED) is 0.911. The molecule has 1 saturated heterocycles. The zero-order chi connectivity index (χ0) is 14.1. The fourth-order valence-corrected chi connectivity index (χ4v) is 2.71. The van der Waals surface area contributed by atoms with Gasteiger partial charge in [-0.2, -0.15) is 0 Å². The molecule has 1 N–H and O–H groups in total. The molecule has 1 fully saturated rings. The molecule has 1 aromatic carbocycles. The monoisotopic (exact) mass is 275 g/mol. The fraction of sp³-hybridized carbons (Fsp3) is 0.400. The molecular formula is C15H18FN3O. The third-order valence-electron chi connectivity index (χ3n) is 3.98. The van der Waals surface area contributed by atoms with Gasteiger partial charge in [-0.3, -0.25) is 4.79 Å². The molecule has 5 heteroatoms. The van der Waals surface area contributed by atoms with Gasteiger partial charge < -0.3 is 14.8 Å². The lowest BCUT2D eigenvalue weighted by Gasteiger charge is -2.34. The molecule has 20 heavy (non-hydrogen) atoms. The molecule has 4 nitrogen and oxygen atoms in total. The number of nitrogens with one attached hydrogen (secondary N) is 1. The summed E-state index contributed by atoms with van der Waals surface area (Å²) in [7, 11) is 0. The molecule has 0 saturated carbocycles. The summed E-state index contributed by atoms with van der Waals surface area (Å²) < 4.78 is 13.2. The number of carbonyl (C=O) groups excluding carboxylic acids is 1. The Labute approximate surface area is 117 Å². The number of piperazine rings is 1. The second-order valence-corrected chi connectivity index (χ2v) is 5.12. The van der Waals surface area contributed by atoms with Crippen LogP contribution in [0.1, 0.15) is 17.3 Å². The minimum atomic E-state index is -0.296. The number of carbonyl (C=O) groups is 1. The predicted molar refractivity (Wildman–Crippen MR) is 76.3 cm³/mol. The average molecular weight is 275 g/mol. The molecular weight excluding hydrogens is 257 g/mol. The van der Waals surface area contributed by atoms with Gasteiger partial charge in [0.2, 0.25) is 0 Å². The first-order valence-electron chi connectivity index (χ1n) is 6.97. The lowest BCUT2D eigenvalue weighted by atomic mass is 10.1. The van der Waals surface area contributed by atoms with Crippen molar-refractivity contribution in [1.82, 2.24) is 14.8 Å². The zero-order valence-corrected chi connectivity index (χ0v) is 11.5. The number of hydrogen-bond acceptors (Lipinski definition) is 2. The van der Waals surface area contributed by atoms with Crippen molar-refractivity contribution in [2.75, 3.05) is 32.7 Å². The zero-order valence-electron chi connectivity index (χ0n) is 11.5. The Kier molecular flexibility index (Phi) is 3.44. The van der Waals surface area contributed by atoms with Crippen LogP contribution >= 0.6 is 0 Å². The van der Waals surface area contributed by atoms with Crippen molar-refractivity contribution in [3.63, 3.8) is 0 Å². The van der Waals surface area contributed by atoms with Crippen LogP contribution in [0.5, 0.6) is 0 Å². The second-order valence-electron chi connectivity index (χ2n) is 5.12. The molecule has 0 bridgehead atoms. The molecule has 2 aromatic rings. The summed E-state index contributed by atoms with van der Waals surface area (Å²) in [5.74, 6) is -0.270. The molecule has 0 spiro atoms. The Bertz CT molecular complexity index is 629. The largest absolute Gasteiger partial charge is 0.360 e. The number of aromatic nitrogens is 1. The number of fused-ring (bicyclic) bond motifs is 1. The Hall–Kier alpha value is -1.88. The highest BCUT2D eigenvalue weighted by molar-refractivity contribution is 6.06. The SMILES string of the molecule is CCN1CCN(C(=O)c2c[nH]c3cc(F)ccc23)CC1. The van der Waals surface area contributed by atoms with E-state index in [1.54, 1.807) is 12.3 Å². The van der Waals surface area contributed by atoms with Crippen molar-refractivity contribution < 1.29 is 9.18 Å². The molecule has 106 valence electrons. The summed E-state index contributed by atoms with van der Waals surface area (Å²) in [6, 6.07) is 4.47. The van der Waals surface area contributed by atoms with Crippen molar-refractivity contribution in [2.24, 2.45) is 0 Å². The number of rotatable bonds is 2. The van der Waals surface area contributed by atoms with Gasteiger partial charge in [-0.25, -0.2) is 4.39 Å². The summed E-state index contributed by atoms with van der Waals surface area (Å²) in [5, 5.41) is 0.786. The Morgan fingerprint density at radius 1 is 1.30 bits per heavy atom. The number of amides is 1. The van der Waals surface area contributed by atoms with E-state index >= 15 is 0 Å². The average Bonchev–Trinajstić information content (AvgIpc) is 2.89. The predicted octanol–water partition coefficient (Wildman–Crippen LogP) is 2.08. The molecule has 0 unspecified atom stereocenters. The topological polar surface area (TPSA) is 39.3 Å². The van der Waals surface area contributed by atoms with E-state index in [-0.39, 0.29) is 11.7 Å². The van der Waals surface area contributed by atoms with Gasteiger partial charge in [-0.15, -0.1) is 0 Å². The third kappa shape index (κ3) is 2.29. The lowest BCUT2D eigenvalue weighted by Crippen LogP contribution is -2.48. The summed E-state index contributed by atoms with van der Waals surface area (Å²) in [6.07, 6.45) is 1.68. The Morgan fingerprint density at radius 2 is 2.05 bits per heavy atom. The lowest BCUT2D eigenvalue weighted by molar-refractivity contribution is 0.0645. The van der Waals surface area contributed by atoms with E-state index in [0.29, 0.717) is 11.1 Å². The normalized spacial score (nSPS) is 16.8. The molecule has 1 amide bonds. The molecule has 0 radical (unpaired) electrons. The van der Waals surface area contributed by atoms with Crippen molar-refractivity contribution in [1.29, 1.82) is 0 Å². The standard InChI is InChI=1S/C15H18FN3O/c1-2-18-5-7-19(8-6-18)15(20)13-10-17-14-9-11(16)3-4-12(13)14/h3-4,9-10,17H,2,5-8H2,1H3. The molecule has 2 heterocycles. The van der Waals surface area contributed by atoms with E-state index in [4.69, 9.17) is 0 Å². The van der Waals surface area contributed by atoms with Crippen molar-refractivity contribution in [2.45, 2.75) is 6.92 Å². The van der Waals surface area contributed by atoms with Gasteiger partial charge >= 0.3 is 0 Å². The maximum Gasteiger partial charge on any atom is 0.256 e. The number of halogens is 1. The van der Waals surface area contributed by atoms with Gasteiger partial charge in [0.15, 0.2) is 0 Å². The van der Waals surface area contributed by atoms with Crippen LogP contribution < -0.4 is 0 Å². The Morgan fingerprint density at radius 3 is 2.75 bits per heavy atom. The molecule has 1 aliphatic heterocycles. The second kappa shape index (κ2) is 5.25. The summed E-state index contributed by atoms with van der Waals surface area (Å²) in [6.45, 7) is 6.49. The van der Waals surface area contributed by atoms with E-state index in [0.717, 1.165) is 38.1 Å². The van der Waals surface area contributed by atoms with Gasteiger partial charge in [-0.1, -0.05) is 6.92 Å². The minimum Gasteiger partial charge on any atom is -0.360 e. The first kappa shape index (κ1) is 13.1. The summed E-state index contributed by atoms with van der Waals surface area (Å²) in [4.78, 5) is 19.7. The number of H-pyrrole nitrogens is 1. The van der Waals surface area contributed by atoms with Gasteiger partial charge in [-0.05, 0) is 24.7 Å². The summed E-state index contributed by atoms with van der Waals surface area (Å²) in [5.41, 5.74) is 1.30. The maximum absolute atomic E-state index is 13.2. The Balaban J connectivity index is 1.82. The number of nitrogens with zero attached hydrogens (tertiary/aromatic N) is 2. The van der Waals surface area contributed by atoms with E-state index in [1.165, 1.54) is 12.1 Å². The van der Waals surface area contributed by atoms with Crippen LogP contribution in [0.2, 0.25) is 0 Å². The molecule has 3 rings (SSSR count). The van der Waals surface area contributed by atoms with Gasteiger partial charge in [0.1, 0.15) is 5.82 Å². The highest BCUT2D eigenvalue weighted by Gasteiger charge is 2.23. The van der Waals surface area contributed by atoms with Crippen LogP contribution in [-0.2, 0) is 0 Å². The van der Waals surface area contributed by atoms with E-state index in [2.05, 4.69) is 16.8 Å².